The number of carbonyl (C=O) groups excluding carboxylic acids is 1. The lowest BCUT2D eigenvalue weighted by Crippen LogP contribution is -2.27. The Morgan fingerprint density at radius 2 is 1.88 bits per heavy atom. The number of nitrogens with zero attached hydrogens (tertiary/aromatic N) is 5. The fraction of sp³-hybridized carbons (Fsp3) is 0.235. The van der Waals surface area contributed by atoms with E-state index in [4.69, 9.17) is 27.9 Å². The van der Waals surface area contributed by atoms with E-state index in [9.17, 15) is 4.79 Å². The summed E-state index contributed by atoms with van der Waals surface area (Å²) in [7, 11) is 3.54. The fourth-order valence-corrected chi connectivity index (χ4v) is 2.86. The molecular weight excluding hydrogens is 377 g/mol. The lowest BCUT2D eigenvalue weighted by atomic mass is 10.3. The van der Waals surface area contributed by atoms with Gasteiger partial charge in [0.15, 0.2) is 18.2 Å². The largest absolute Gasteiger partial charge is 0.468 e. The van der Waals surface area contributed by atoms with Crippen molar-refractivity contribution in [3.8, 4) is 5.75 Å². The summed E-state index contributed by atoms with van der Waals surface area (Å²) in [5.41, 5.74) is 1.12. The summed E-state index contributed by atoms with van der Waals surface area (Å²) in [6.07, 6.45) is 3.49. The molecule has 7 nitrogen and oxygen atoms in total. The molecule has 0 aliphatic carbocycles. The number of halogens is 2. The molecule has 2 aromatic heterocycles. The molecule has 0 saturated carbocycles. The second-order valence-corrected chi connectivity index (χ2v) is 6.52. The molecule has 0 bridgehead atoms. The van der Waals surface area contributed by atoms with Crippen LogP contribution in [0.15, 0.2) is 42.7 Å². The van der Waals surface area contributed by atoms with Gasteiger partial charge < -0.3 is 9.64 Å². The van der Waals surface area contributed by atoms with Crippen molar-refractivity contribution in [1.82, 2.24) is 24.5 Å². The number of hydrogen-bond acceptors (Lipinski definition) is 4. The first-order valence-electron chi connectivity index (χ1n) is 7.78. The van der Waals surface area contributed by atoms with Crippen molar-refractivity contribution in [2.75, 3.05) is 7.05 Å². The highest BCUT2D eigenvalue weighted by Gasteiger charge is 2.16. The predicted octanol–water partition coefficient (Wildman–Crippen LogP) is 3.23. The SMILES string of the molecule is CN(Cc1ccn(C)n1)C(=O)c1ccn(COc2c(Cl)cccc2Cl)n1. The van der Waals surface area contributed by atoms with Gasteiger partial charge in [0.2, 0.25) is 0 Å². The highest BCUT2D eigenvalue weighted by atomic mass is 35.5. The van der Waals surface area contributed by atoms with Crippen molar-refractivity contribution < 1.29 is 9.53 Å². The van der Waals surface area contributed by atoms with Crippen LogP contribution in [-0.2, 0) is 20.3 Å². The standard InChI is InChI=1S/C17H17Cl2N5O2/c1-22(10-12-6-8-23(2)20-12)17(25)15-7-9-24(21-15)11-26-16-13(18)4-3-5-14(16)19/h3-9H,10-11H2,1-2H3. The van der Waals surface area contributed by atoms with Gasteiger partial charge in [0.1, 0.15) is 0 Å². The molecule has 0 radical (unpaired) electrons. The Morgan fingerprint density at radius 3 is 2.54 bits per heavy atom. The van der Waals surface area contributed by atoms with Gasteiger partial charge in [0.05, 0.1) is 22.3 Å². The van der Waals surface area contributed by atoms with Crippen LogP contribution in [0.2, 0.25) is 10.0 Å². The third-order valence-corrected chi connectivity index (χ3v) is 4.23. The molecule has 0 N–H and O–H groups in total. The summed E-state index contributed by atoms with van der Waals surface area (Å²) < 4.78 is 8.80. The molecule has 136 valence electrons. The molecule has 26 heavy (non-hydrogen) atoms. The van der Waals surface area contributed by atoms with Crippen molar-refractivity contribution in [2.24, 2.45) is 7.05 Å². The zero-order chi connectivity index (χ0) is 18.7. The maximum absolute atomic E-state index is 12.5. The van der Waals surface area contributed by atoms with E-state index in [-0.39, 0.29) is 12.6 Å². The Bertz CT molecular complexity index is 901. The van der Waals surface area contributed by atoms with Crippen molar-refractivity contribution in [2.45, 2.75) is 13.3 Å². The van der Waals surface area contributed by atoms with Gasteiger partial charge in [-0.3, -0.25) is 9.48 Å². The van der Waals surface area contributed by atoms with E-state index < -0.39 is 0 Å². The summed E-state index contributed by atoms with van der Waals surface area (Å²) >= 11 is 12.1. The summed E-state index contributed by atoms with van der Waals surface area (Å²) in [6, 6.07) is 8.61. The molecule has 3 aromatic rings. The van der Waals surface area contributed by atoms with Crippen LogP contribution in [0, 0.1) is 0 Å². The van der Waals surface area contributed by atoms with Crippen molar-refractivity contribution in [3.05, 3.63) is 64.2 Å². The van der Waals surface area contributed by atoms with Crippen molar-refractivity contribution in [1.29, 1.82) is 0 Å². The molecule has 0 saturated heterocycles. The molecule has 0 spiro atoms. The van der Waals surface area contributed by atoms with E-state index in [1.807, 2.05) is 19.3 Å². The zero-order valence-electron chi connectivity index (χ0n) is 14.3. The summed E-state index contributed by atoms with van der Waals surface area (Å²) in [5, 5.41) is 9.33. The molecule has 1 amide bonds. The second-order valence-electron chi connectivity index (χ2n) is 5.71. The van der Waals surface area contributed by atoms with Crippen LogP contribution in [0.1, 0.15) is 16.2 Å². The lowest BCUT2D eigenvalue weighted by Gasteiger charge is -2.14. The minimum atomic E-state index is -0.204. The Kier molecular flexibility index (Phi) is 5.49. The quantitative estimate of drug-likeness (QED) is 0.644. The number of aromatic nitrogens is 4. The van der Waals surface area contributed by atoms with E-state index in [1.54, 1.807) is 47.1 Å². The Hall–Kier alpha value is -2.51. The van der Waals surface area contributed by atoms with Crippen LogP contribution in [0.5, 0.6) is 5.75 Å². The number of benzene rings is 1. The summed E-state index contributed by atoms with van der Waals surface area (Å²) in [5.74, 6) is 0.177. The third-order valence-electron chi connectivity index (χ3n) is 3.63. The third kappa shape index (κ3) is 4.17. The van der Waals surface area contributed by atoms with Gasteiger partial charge in [-0.25, -0.2) is 4.68 Å². The number of para-hydroxylation sites is 1. The monoisotopic (exact) mass is 393 g/mol. The van der Waals surface area contributed by atoms with Crippen LogP contribution >= 0.6 is 23.2 Å². The Balaban J connectivity index is 1.62. The predicted molar refractivity (Wildman–Crippen MR) is 98.3 cm³/mol. The van der Waals surface area contributed by atoms with Gasteiger partial charge in [0.25, 0.3) is 5.91 Å². The molecule has 0 aliphatic heterocycles. The maximum Gasteiger partial charge on any atom is 0.274 e. The highest BCUT2D eigenvalue weighted by Crippen LogP contribution is 2.32. The number of ether oxygens (including phenoxy) is 1. The van der Waals surface area contributed by atoms with Gasteiger partial charge in [-0.1, -0.05) is 29.3 Å². The van der Waals surface area contributed by atoms with E-state index >= 15 is 0 Å². The first-order valence-corrected chi connectivity index (χ1v) is 8.54. The zero-order valence-corrected chi connectivity index (χ0v) is 15.8. The van der Waals surface area contributed by atoms with Crippen LogP contribution < -0.4 is 4.74 Å². The minimum absolute atomic E-state index is 0.0840. The molecular formula is C17H17Cl2N5O2. The molecule has 2 heterocycles. The molecule has 0 unspecified atom stereocenters. The number of amides is 1. The van der Waals surface area contributed by atoms with E-state index in [0.29, 0.717) is 28.0 Å². The van der Waals surface area contributed by atoms with E-state index in [2.05, 4.69) is 10.2 Å². The topological polar surface area (TPSA) is 65.2 Å². The van der Waals surface area contributed by atoms with Crippen LogP contribution in [0.3, 0.4) is 0 Å². The maximum atomic E-state index is 12.5. The first-order chi connectivity index (χ1) is 12.4. The van der Waals surface area contributed by atoms with Gasteiger partial charge in [-0.15, -0.1) is 0 Å². The van der Waals surface area contributed by atoms with Gasteiger partial charge in [0, 0.05) is 26.5 Å². The number of carbonyl (C=O) groups is 1. The Morgan fingerprint density at radius 1 is 1.15 bits per heavy atom. The average Bonchev–Trinajstić information content (AvgIpc) is 3.23. The Labute approximate surface area is 160 Å². The number of rotatable bonds is 6. The van der Waals surface area contributed by atoms with E-state index in [1.165, 1.54) is 4.68 Å². The highest BCUT2D eigenvalue weighted by molar-refractivity contribution is 6.37. The molecule has 0 fully saturated rings. The van der Waals surface area contributed by atoms with Gasteiger partial charge in [-0.2, -0.15) is 10.2 Å². The van der Waals surface area contributed by atoms with Crippen LogP contribution in [0.25, 0.3) is 0 Å². The molecule has 3 rings (SSSR count). The second kappa shape index (κ2) is 7.80. The van der Waals surface area contributed by atoms with Gasteiger partial charge >= 0.3 is 0 Å². The van der Waals surface area contributed by atoms with Gasteiger partial charge in [-0.05, 0) is 24.3 Å². The molecule has 0 aliphatic rings. The molecule has 0 atom stereocenters. The van der Waals surface area contributed by atoms with Crippen molar-refractivity contribution >= 4 is 29.1 Å². The fourth-order valence-electron chi connectivity index (χ4n) is 2.36. The molecule has 1 aromatic carbocycles. The smallest absolute Gasteiger partial charge is 0.274 e. The lowest BCUT2D eigenvalue weighted by molar-refractivity contribution is 0.0775. The van der Waals surface area contributed by atoms with Crippen LogP contribution in [-0.4, -0.2) is 37.4 Å². The average molecular weight is 394 g/mol. The first kappa shape index (κ1) is 18.3. The number of aryl methyl sites for hydroxylation is 1. The summed E-state index contributed by atoms with van der Waals surface area (Å²) in [4.78, 5) is 14.0. The summed E-state index contributed by atoms with van der Waals surface area (Å²) in [6.45, 7) is 0.485. The van der Waals surface area contributed by atoms with Crippen molar-refractivity contribution in [3.63, 3.8) is 0 Å². The van der Waals surface area contributed by atoms with Crippen LogP contribution in [0.4, 0.5) is 0 Å². The minimum Gasteiger partial charge on any atom is -0.468 e. The number of hydrogen-bond donors (Lipinski definition) is 0. The normalized spacial score (nSPS) is 10.8. The molecule has 9 heteroatoms. The van der Waals surface area contributed by atoms with E-state index in [0.717, 1.165) is 5.69 Å².